The predicted molar refractivity (Wildman–Crippen MR) is 90.0 cm³/mol. The molecule has 0 atom stereocenters. The largest absolute Gasteiger partial charge is 0.338 e. The van der Waals surface area contributed by atoms with E-state index in [1.54, 1.807) is 12.3 Å². The van der Waals surface area contributed by atoms with Crippen LogP contribution < -0.4 is 11.3 Å². The highest BCUT2D eigenvalue weighted by atomic mass is 15.4. The summed E-state index contributed by atoms with van der Waals surface area (Å²) >= 11 is 0. The Bertz CT molecular complexity index is 932. The van der Waals surface area contributed by atoms with E-state index in [2.05, 4.69) is 30.8 Å². The molecule has 4 rings (SSSR count). The summed E-state index contributed by atoms with van der Waals surface area (Å²) in [6.07, 6.45) is 7.39. The van der Waals surface area contributed by atoms with Gasteiger partial charge in [0.25, 0.3) is 0 Å². The third-order valence-electron chi connectivity index (χ3n) is 3.87. The van der Waals surface area contributed by atoms with Crippen LogP contribution in [-0.2, 0) is 0 Å². The van der Waals surface area contributed by atoms with E-state index in [0.29, 0.717) is 17.1 Å². The molecule has 0 radical (unpaired) electrons. The number of hydrogen-bond donors (Lipinski definition) is 2. The van der Waals surface area contributed by atoms with Crippen LogP contribution in [0.4, 0.5) is 5.69 Å². The van der Waals surface area contributed by atoms with Gasteiger partial charge in [0.1, 0.15) is 17.5 Å². The number of pyridine rings is 1. The molecule has 116 valence electrons. The van der Waals surface area contributed by atoms with Crippen molar-refractivity contribution in [1.82, 2.24) is 9.58 Å². The minimum atomic E-state index is -0.203. The van der Waals surface area contributed by atoms with Gasteiger partial charge in [0.05, 0.1) is 11.3 Å². The fraction of sp³-hybridized carbons (Fsp3) is 0.250. The van der Waals surface area contributed by atoms with Crippen molar-refractivity contribution >= 4 is 23.2 Å². The van der Waals surface area contributed by atoms with Gasteiger partial charge in [-0.2, -0.15) is 0 Å². The summed E-state index contributed by atoms with van der Waals surface area (Å²) in [5, 5.41) is 8.31. The smallest absolute Gasteiger partial charge is 0.156 e. The van der Waals surface area contributed by atoms with Crippen molar-refractivity contribution in [2.75, 3.05) is 5.84 Å². The Morgan fingerprint density at radius 1 is 1.17 bits per heavy atom. The van der Waals surface area contributed by atoms with Crippen LogP contribution in [0.2, 0.25) is 0 Å². The van der Waals surface area contributed by atoms with Crippen LogP contribution in [-0.4, -0.2) is 27.1 Å². The lowest BCUT2D eigenvalue weighted by atomic mass is 9.94. The lowest BCUT2D eigenvalue weighted by molar-refractivity contribution is 0.572. The Balaban J connectivity index is 2.07. The van der Waals surface area contributed by atoms with Gasteiger partial charge < -0.3 is 5.84 Å². The van der Waals surface area contributed by atoms with Crippen molar-refractivity contribution in [3.8, 4) is 0 Å². The van der Waals surface area contributed by atoms with Crippen molar-refractivity contribution in [3.63, 3.8) is 0 Å². The molecule has 23 heavy (non-hydrogen) atoms. The number of aromatic nitrogens is 1. The van der Waals surface area contributed by atoms with Gasteiger partial charge in [-0.1, -0.05) is 26.8 Å². The van der Waals surface area contributed by atoms with Crippen molar-refractivity contribution in [2.45, 2.75) is 20.8 Å². The molecule has 3 N–H and O–H groups in total. The SMILES string of the molecule is CC(C)(C)C1=NC2=CC=CC3=Nc4ccn(N)c(=N)c4C(=N1)N23. The quantitative estimate of drug-likeness (QED) is 0.713. The molecule has 0 saturated heterocycles. The number of fused-ring (bicyclic) bond motifs is 2. The zero-order valence-electron chi connectivity index (χ0n) is 13.2. The van der Waals surface area contributed by atoms with Crippen LogP contribution in [0.1, 0.15) is 26.3 Å². The molecule has 0 fully saturated rings. The summed E-state index contributed by atoms with van der Waals surface area (Å²) in [5.41, 5.74) is 1.29. The molecule has 0 aliphatic carbocycles. The monoisotopic (exact) mass is 307 g/mol. The topological polar surface area (TPSA) is 95.1 Å². The Morgan fingerprint density at radius 2 is 1.96 bits per heavy atom. The maximum atomic E-state index is 8.31. The van der Waals surface area contributed by atoms with E-state index in [1.165, 1.54) is 4.68 Å². The third-order valence-corrected chi connectivity index (χ3v) is 3.87. The van der Waals surface area contributed by atoms with E-state index in [4.69, 9.17) is 16.2 Å². The highest BCUT2D eigenvalue weighted by Gasteiger charge is 2.36. The van der Waals surface area contributed by atoms with Gasteiger partial charge in [0.2, 0.25) is 0 Å². The summed E-state index contributed by atoms with van der Waals surface area (Å²) < 4.78 is 1.27. The van der Waals surface area contributed by atoms with E-state index < -0.39 is 0 Å². The Hall–Kier alpha value is -2.96. The van der Waals surface area contributed by atoms with E-state index in [0.717, 1.165) is 17.5 Å². The molecule has 0 amide bonds. The van der Waals surface area contributed by atoms with Gasteiger partial charge in [-0.25, -0.2) is 15.0 Å². The van der Waals surface area contributed by atoms with Gasteiger partial charge in [0.15, 0.2) is 11.3 Å². The average molecular weight is 307 g/mol. The van der Waals surface area contributed by atoms with E-state index in [9.17, 15) is 0 Å². The van der Waals surface area contributed by atoms with Crippen molar-refractivity contribution in [2.24, 2.45) is 20.4 Å². The maximum absolute atomic E-state index is 8.31. The molecule has 7 heteroatoms. The molecule has 0 aromatic carbocycles. The lowest BCUT2D eigenvalue weighted by Gasteiger charge is -2.36. The molecule has 4 heterocycles. The van der Waals surface area contributed by atoms with E-state index >= 15 is 0 Å². The van der Waals surface area contributed by atoms with Gasteiger partial charge >= 0.3 is 0 Å². The minimum absolute atomic E-state index is 0.174. The average Bonchev–Trinajstić information content (AvgIpc) is 2.50. The lowest BCUT2D eigenvalue weighted by Crippen LogP contribution is -2.46. The van der Waals surface area contributed by atoms with E-state index in [-0.39, 0.29) is 10.9 Å². The molecule has 0 unspecified atom stereocenters. The predicted octanol–water partition coefficient (Wildman–Crippen LogP) is 1.64. The van der Waals surface area contributed by atoms with Crippen LogP contribution in [0.5, 0.6) is 0 Å². The molecular formula is C16H17N7. The number of nitrogens with two attached hydrogens (primary N) is 1. The van der Waals surface area contributed by atoms with Crippen molar-refractivity contribution in [1.29, 1.82) is 5.41 Å². The molecule has 3 aliphatic heterocycles. The highest BCUT2D eigenvalue weighted by Crippen LogP contribution is 2.33. The van der Waals surface area contributed by atoms with Crippen LogP contribution in [0, 0.1) is 10.8 Å². The number of amidine groups is 3. The fourth-order valence-corrected chi connectivity index (χ4v) is 2.66. The molecule has 7 nitrogen and oxygen atoms in total. The molecule has 0 bridgehead atoms. The summed E-state index contributed by atoms with van der Waals surface area (Å²) in [5.74, 6) is 8.75. The highest BCUT2D eigenvalue weighted by molar-refractivity contribution is 6.23. The maximum Gasteiger partial charge on any atom is 0.156 e. The Labute approximate surface area is 133 Å². The number of aliphatic imine (C=N–C) groups is 3. The first-order chi connectivity index (χ1) is 10.9. The standard InChI is InChI=1S/C16H17N7/c1-16(2,3)15-20-11-6-4-5-10-19-9-7-8-22(18)13(17)12(9)14(21-15)23(10)11/h4-8,17H,18H2,1-3H3. The second-order valence-corrected chi connectivity index (χ2v) is 6.64. The number of nitrogens with one attached hydrogen (secondary N) is 1. The van der Waals surface area contributed by atoms with Crippen molar-refractivity contribution < 1.29 is 0 Å². The van der Waals surface area contributed by atoms with Crippen LogP contribution in [0.15, 0.2) is 51.3 Å². The zero-order valence-corrected chi connectivity index (χ0v) is 13.2. The number of allylic oxidation sites excluding steroid dienone is 2. The zero-order chi connectivity index (χ0) is 16.4. The first-order valence-electron chi connectivity index (χ1n) is 7.37. The summed E-state index contributed by atoms with van der Waals surface area (Å²) in [4.78, 5) is 15.9. The molecule has 1 aromatic heterocycles. The van der Waals surface area contributed by atoms with Gasteiger partial charge in [0, 0.05) is 11.6 Å². The Kier molecular flexibility index (Phi) is 2.55. The van der Waals surface area contributed by atoms with Crippen LogP contribution >= 0.6 is 0 Å². The van der Waals surface area contributed by atoms with E-state index in [1.807, 2.05) is 23.1 Å². The second kappa shape index (κ2) is 4.28. The van der Waals surface area contributed by atoms with Gasteiger partial charge in [-0.15, -0.1) is 0 Å². The molecule has 0 saturated carbocycles. The summed E-state index contributed by atoms with van der Waals surface area (Å²) in [6.45, 7) is 6.21. The summed E-state index contributed by atoms with van der Waals surface area (Å²) in [7, 11) is 0. The normalized spacial score (nSPS) is 18.5. The van der Waals surface area contributed by atoms with Gasteiger partial charge in [-0.3, -0.25) is 15.0 Å². The van der Waals surface area contributed by atoms with Crippen LogP contribution in [0.3, 0.4) is 0 Å². The number of nitrogens with zero attached hydrogens (tertiary/aromatic N) is 5. The fourth-order valence-electron chi connectivity index (χ4n) is 2.66. The van der Waals surface area contributed by atoms with Gasteiger partial charge in [-0.05, 0) is 18.2 Å². The van der Waals surface area contributed by atoms with Crippen molar-refractivity contribution in [3.05, 3.63) is 47.4 Å². The third kappa shape index (κ3) is 1.89. The number of hydrogen-bond acceptors (Lipinski definition) is 6. The summed E-state index contributed by atoms with van der Waals surface area (Å²) in [6, 6.07) is 1.80. The number of rotatable bonds is 0. The molecule has 1 aromatic rings. The van der Waals surface area contributed by atoms with Crippen LogP contribution in [0.25, 0.3) is 0 Å². The first kappa shape index (κ1) is 13.7. The number of nitrogen functional groups attached to an aromatic ring is 1. The Morgan fingerprint density at radius 3 is 2.70 bits per heavy atom. The first-order valence-corrected chi connectivity index (χ1v) is 7.37. The molecule has 3 aliphatic rings. The second-order valence-electron chi connectivity index (χ2n) is 6.64. The minimum Gasteiger partial charge on any atom is -0.338 e. The molecular weight excluding hydrogens is 290 g/mol. The molecule has 0 spiro atoms.